The molecule has 31 heavy (non-hydrogen) atoms. The maximum Gasteiger partial charge on any atom is 0.240 e. The van der Waals surface area contributed by atoms with E-state index in [0.717, 1.165) is 24.9 Å². The Bertz CT molecular complexity index is 1040. The molecule has 2 N–H and O–H groups in total. The van der Waals surface area contributed by atoms with Crippen LogP contribution in [0.2, 0.25) is 0 Å². The molecule has 0 saturated carbocycles. The van der Waals surface area contributed by atoms with Crippen LogP contribution in [0, 0.1) is 11.7 Å². The lowest BCUT2D eigenvalue weighted by Gasteiger charge is -2.31. The van der Waals surface area contributed by atoms with Crippen LogP contribution >= 0.6 is 11.3 Å². The van der Waals surface area contributed by atoms with Crippen LogP contribution < -0.4 is 10.6 Å². The van der Waals surface area contributed by atoms with Crippen LogP contribution in [0.3, 0.4) is 0 Å². The normalized spacial score (nSPS) is 16.6. The van der Waals surface area contributed by atoms with Crippen molar-refractivity contribution in [3.05, 3.63) is 59.9 Å². The number of nitrogens with one attached hydrogen (secondary N) is 2. The minimum atomic E-state index is -0.305. The number of rotatable bonds is 6. The summed E-state index contributed by atoms with van der Waals surface area (Å²) in [5.41, 5.74) is 1.47. The third kappa shape index (κ3) is 5.71. The largest absolute Gasteiger partial charge is 0.310 e. The summed E-state index contributed by atoms with van der Waals surface area (Å²) in [6.07, 6.45) is 3.26. The molecular formula is C22H22FN5O2S. The van der Waals surface area contributed by atoms with Crippen LogP contribution in [0.4, 0.5) is 15.3 Å². The Morgan fingerprint density at radius 2 is 2.00 bits per heavy atom. The highest BCUT2D eigenvalue weighted by Crippen LogP contribution is 2.25. The Labute approximate surface area is 183 Å². The van der Waals surface area contributed by atoms with Crippen molar-refractivity contribution in [2.45, 2.75) is 12.8 Å². The zero-order valence-corrected chi connectivity index (χ0v) is 17.6. The van der Waals surface area contributed by atoms with Gasteiger partial charge in [-0.1, -0.05) is 6.07 Å². The topological polar surface area (TPSA) is 87.2 Å². The molecule has 2 amide bonds. The van der Waals surface area contributed by atoms with Crippen molar-refractivity contribution in [2.75, 3.05) is 30.3 Å². The van der Waals surface area contributed by atoms with Crippen LogP contribution in [-0.2, 0) is 9.59 Å². The monoisotopic (exact) mass is 439 g/mol. The molecule has 2 aromatic heterocycles. The van der Waals surface area contributed by atoms with Crippen molar-refractivity contribution in [1.82, 2.24) is 14.9 Å². The first-order valence-electron chi connectivity index (χ1n) is 10.0. The van der Waals surface area contributed by atoms with Gasteiger partial charge in [0, 0.05) is 23.7 Å². The van der Waals surface area contributed by atoms with Gasteiger partial charge in [-0.2, -0.15) is 0 Å². The van der Waals surface area contributed by atoms with Crippen LogP contribution in [0.5, 0.6) is 0 Å². The highest BCUT2D eigenvalue weighted by molar-refractivity contribution is 7.14. The van der Waals surface area contributed by atoms with Crippen LogP contribution in [0.25, 0.3) is 11.3 Å². The number of benzene rings is 1. The molecule has 3 heterocycles. The van der Waals surface area contributed by atoms with Gasteiger partial charge in [0.15, 0.2) is 5.13 Å². The fraction of sp³-hybridized carbons (Fsp3) is 0.273. The molecule has 0 bridgehead atoms. The van der Waals surface area contributed by atoms with E-state index in [0.29, 0.717) is 23.2 Å². The number of hydrogen-bond acceptors (Lipinski definition) is 6. The number of carbonyl (C=O) groups excluding carboxylic acids is 2. The zero-order chi connectivity index (χ0) is 21.6. The molecule has 0 radical (unpaired) electrons. The van der Waals surface area contributed by atoms with Gasteiger partial charge in [0.2, 0.25) is 11.8 Å². The Morgan fingerprint density at radius 3 is 2.77 bits per heavy atom. The van der Waals surface area contributed by atoms with E-state index in [4.69, 9.17) is 0 Å². The molecule has 160 valence electrons. The smallest absolute Gasteiger partial charge is 0.240 e. The number of hydrogen-bond donors (Lipinski definition) is 2. The number of piperidine rings is 1. The number of anilines is 2. The fourth-order valence-electron chi connectivity index (χ4n) is 3.52. The summed E-state index contributed by atoms with van der Waals surface area (Å²) in [7, 11) is 0. The molecular weight excluding hydrogens is 417 g/mol. The van der Waals surface area contributed by atoms with Crippen LogP contribution in [0.1, 0.15) is 12.8 Å². The second-order valence-corrected chi connectivity index (χ2v) is 8.23. The standard InChI is InChI=1S/C22H22FN5O2S/c23-17-8-6-15(7-9-17)18-14-31-22(25-18)27-20(29)13-28-11-3-4-16(12-28)21(30)26-19-5-1-2-10-24-19/h1-2,5-10,14,16H,3-4,11-13H2,(H,24,26,30)(H,25,27,29). The summed E-state index contributed by atoms with van der Waals surface area (Å²) in [4.78, 5) is 35.5. The van der Waals surface area contributed by atoms with E-state index in [2.05, 4.69) is 20.6 Å². The summed E-state index contributed by atoms with van der Waals surface area (Å²) < 4.78 is 13.1. The molecule has 3 aromatic rings. The lowest BCUT2D eigenvalue weighted by Crippen LogP contribution is -2.44. The number of nitrogens with zero attached hydrogens (tertiary/aromatic N) is 3. The highest BCUT2D eigenvalue weighted by atomic mass is 32.1. The molecule has 4 rings (SSSR count). The average molecular weight is 440 g/mol. The third-order valence-electron chi connectivity index (χ3n) is 5.05. The lowest BCUT2D eigenvalue weighted by molar-refractivity contribution is -0.123. The van der Waals surface area contributed by atoms with Crippen molar-refractivity contribution < 1.29 is 14.0 Å². The number of carbonyl (C=O) groups is 2. The first-order chi connectivity index (χ1) is 15.1. The van der Waals surface area contributed by atoms with Gasteiger partial charge in [-0.05, 0) is 55.8 Å². The van der Waals surface area contributed by atoms with E-state index in [1.165, 1.54) is 23.5 Å². The van der Waals surface area contributed by atoms with Gasteiger partial charge in [-0.3, -0.25) is 14.5 Å². The molecule has 9 heteroatoms. The maximum atomic E-state index is 13.1. The molecule has 1 unspecified atom stereocenters. The van der Waals surface area contributed by atoms with Gasteiger partial charge in [0.25, 0.3) is 0 Å². The molecule has 1 aliphatic heterocycles. The van der Waals surface area contributed by atoms with Gasteiger partial charge in [-0.25, -0.2) is 14.4 Å². The number of pyridine rings is 1. The number of aromatic nitrogens is 2. The fourth-order valence-corrected chi connectivity index (χ4v) is 4.26. The van der Waals surface area contributed by atoms with Crippen molar-refractivity contribution in [3.63, 3.8) is 0 Å². The van der Waals surface area contributed by atoms with E-state index in [9.17, 15) is 14.0 Å². The number of amides is 2. The molecule has 7 nitrogen and oxygen atoms in total. The van der Waals surface area contributed by atoms with E-state index in [1.54, 1.807) is 30.5 Å². The minimum Gasteiger partial charge on any atom is -0.310 e. The minimum absolute atomic E-state index is 0.0762. The molecule has 0 aliphatic carbocycles. The predicted molar refractivity (Wildman–Crippen MR) is 118 cm³/mol. The van der Waals surface area contributed by atoms with E-state index >= 15 is 0 Å². The summed E-state index contributed by atoms with van der Waals surface area (Å²) in [6, 6.07) is 11.4. The molecule has 1 aliphatic rings. The Morgan fingerprint density at radius 1 is 1.16 bits per heavy atom. The summed E-state index contributed by atoms with van der Waals surface area (Å²) in [5, 5.41) is 7.97. The maximum absolute atomic E-state index is 13.1. The first-order valence-corrected chi connectivity index (χ1v) is 10.9. The molecule has 1 fully saturated rings. The lowest BCUT2D eigenvalue weighted by atomic mass is 9.97. The molecule has 1 atom stereocenters. The van der Waals surface area contributed by atoms with Gasteiger partial charge < -0.3 is 10.6 Å². The van der Waals surface area contributed by atoms with Crippen LogP contribution in [0.15, 0.2) is 54.0 Å². The van der Waals surface area contributed by atoms with Gasteiger partial charge in [-0.15, -0.1) is 11.3 Å². The summed E-state index contributed by atoms with van der Waals surface area (Å²) >= 11 is 1.32. The Balaban J connectivity index is 1.29. The average Bonchev–Trinajstić information content (AvgIpc) is 3.23. The summed E-state index contributed by atoms with van der Waals surface area (Å²) in [5.74, 6) is -0.212. The number of halogens is 1. The zero-order valence-electron chi connectivity index (χ0n) is 16.8. The van der Waals surface area contributed by atoms with E-state index in [1.807, 2.05) is 16.3 Å². The molecule has 1 saturated heterocycles. The van der Waals surface area contributed by atoms with Gasteiger partial charge in [0.05, 0.1) is 18.2 Å². The second-order valence-electron chi connectivity index (χ2n) is 7.37. The number of thiazole rings is 1. The predicted octanol–water partition coefficient (Wildman–Crippen LogP) is 3.63. The van der Waals surface area contributed by atoms with E-state index in [-0.39, 0.29) is 30.1 Å². The van der Waals surface area contributed by atoms with Crippen molar-refractivity contribution >= 4 is 34.1 Å². The number of likely N-dealkylation sites (tertiary alicyclic amines) is 1. The third-order valence-corrected chi connectivity index (χ3v) is 5.81. The van der Waals surface area contributed by atoms with Gasteiger partial charge in [0.1, 0.15) is 11.6 Å². The first kappa shape index (κ1) is 21.1. The quantitative estimate of drug-likeness (QED) is 0.612. The van der Waals surface area contributed by atoms with Crippen molar-refractivity contribution in [3.8, 4) is 11.3 Å². The van der Waals surface area contributed by atoms with Crippen molar-refractivity contribution in [1.29, 1.82) is 0 Å². The van der Waals surface area contributed by atoms with E-state index < -0.39 is 0 Å². The summed E-state index contributed by atoms with van der Waals surface area (Å²) in [6.45, 7) is 1.48. The highest BCUT2D eigenvalue weighted by Gasteiger charge is 2.27. The Hall–Kier alpha value is -3.17. The molecule has 1 aromatic carbocycles. The molecule has 0 spiro atoms. The SMILES string of the molecule is O=C(CN1CCCC(C(=O)Nc2ccccn2)C1)Nc1nc(-c2ccc(F)cc2)cs1. The van der Waals surface area contributed by atoms with Crippen LogP contribution in [-0.4, -0.2) is 46.3 Å². The van der Waals surface area contributed by atoms with Gasteiger partial charge >= 0.3 is 0 Å². The second kappa shape index (κ2) is 9.76. The Kier molecular flexibility index (Phi) is 6.63. The van der Waals surface area contributed by atoms with Crippen molar-refractivity contribution in [2.24, 2.45) is 5.92 Å².